The number of aliphatic imine (C=N–C) groups is 1. The summed E-state index contributed by atoms with van der Waals surface area (Å²) in [6.45, 7) is 2.10. The summed E-state index contributed by atoms with van der Waals surface area (Å²) < 4.78 is 10.7. The number of amides is 1. The van der Waals surface area contributed by atoms with Gasteiger partial charge in [0, 0.05) is 11.6 Å². The Morgan fingerprint density at radius 3 is 2.67 bits per heavy atom. The number of carbonyl (C=O) groups is 2. The molecule has 2 aromatic rings. The Balaban J connectivity index is 1.77. The summed E-state index contributed by atoms with van der Waals surface area (Å²) in [7, 11) is 0. The summed E-state index contributed by atoms with van der Waals surface area (Å²) in [5, 5.41) is 0.229. The van der Waals surface area contributed by atoms with Crippen LogP contribution in [0, 0.1) is 0 Å². The second-order valence-corrected chi connectivity index (χ2v) is 5.93. The Labute approximate surface area is 142 Å². The van der Waals surface area contributed by atoms with Gasteiger partial charge in [0.15, 0.2) is 5.17 Å². The number of thioether (sulfide) groups is 1. The van der Waals surface area contributed by atoms with Crippen LogP contribution in [0.5, 0.6) is 0 Å². The molecule has 1 aromatic carbocycles. The first-order valence-corrected chi connectivity index (χ1v) is 8.04. The first-order valence-electron chi connectivity index (χ1n) is 7.22. The number of nitrogens with zero attached hydrogens (tertiary/aromatic N) is 1. The van der Waals surface area contributed by atoms with E-state index in [-0.39, 0.29) is 17.0 Å². The molecule has 1 aromatic heterocycles. The quantitative estimate of drug-likeness (QED) is 0.678. The van der Waals surface area contributed by atoms with E-state index in [1.165, 1.54) is 0 Å². The van der Waals surface area contributed by atoms with Crippen molar-refractivity contribution in [3.05, 3.63) is 52.6 Å². The van der Waals surface area contributed by atoms with Gasteiger partial charge in [0.2, 0.25) is 0 Å². The van der Waals surface area contributed by atoms with E-state index < -0.39 is 0 Å². The molecule has 2 N–H and O–H groups in total. The van der Waals surface area contributed by atoms with Gasteiger partial charge in [-0.1, -0.05) is 12.1 Å². The van der Waals surface area contributed by atoms with Crippen LogP contribution in [0.3, 0.4) is 0 Å². The maximum atomic E-state index is 11.6. The van der Waals surface area contributed by atoms with Crippen molar-refractivity contribution in [2.45, 2.75) is 6.92 Å². The van der Waals surface area contributed by atoms with Gasteiger partial charge in [0.05, 0.1) is 17.1 Å². The smallest absolute Gasteiger partial charge is 0.338 e. The van der Waals surface area contributed by atoms with Crippen molar-refractivity contribution in [1.29, 1.82) is 0 Å². The molecular formula is C17H14N2O4S. The molecule has 0 saturated heterocycles. The second kappa shape index (κ2) is 6.76. The number of furan rings is 1. The van der Waals surface area contributed by atoms with Crippen molar-refractivity contribution < 1.29 is 18.7 Å². The molecule has 6 nitrogen and oxygen atoms in total. The zero-order valence-electron chi connectivity index (χ0n) is 12.8. The molecule has 0 unspecified atom stereocenters. The molecule has 1 aliphatic rings. The van der Waals surface area contributed by atoms with Gasteiger partial charge in [-0.2, -0.15) is 4.99 Å². The van der Waals surface area contributed by atoms with E-state index in [1.807, 2.05) is 0 Å². The lowest BCUT2D eigenvalue weighted by Gasteiger charge is -2.02. The Morgan fingerprint density at radius 1 is 1.29 bits per heavy atom. The minimum absolute atomic E-state index is 0.229. The lowest BCUT2D eigenvalue weighted by Crippen LogP contribution is -2.03. The van der Waals surface area contributed by atoms with Gasteiger partial charge in [-0.05, 0) is 43.0 Å². The Morgan fingerprint density at radius 2 is 2.04 bits per heavy atom. The van der Waals surface area contributed by atoms with Crippen molar-refractivity contribution >= 4 is 34.9 Å². The molecule has 0 fully saturated rings. The summed E-state index contributed by atoms with van der Waals surface area (Å²) in [4.78, 5) is 27.3. The highest BCUT2D eigenvalue weighted by Crippen LogP contribution is 2.29. The van der Waals surface area contributed by atoms with Crippen LogP contribution in [-0.2, 0) is 9.53 Å². The average molecular weight is 342 g/mol. The molecule has 0 atom stereocenters. The molecule has 0 saturated carbocycles. The fraction of sp³-hybridized carbons (Fsp3) is 0.118. The summed E-state index contributed by atoms with van der Waals surface area (Å²) in [6, 6.07) is 10.5. The molecule has 122 valence electrons. The van der Waals surface area contributed by atoms with Crippen molar-refractivity contribution in [1.82, 2.24) is 0 Å². The van der Waals surface area contributed by atoms with Crippen LogP contribution >= 0.6 is 11.8 Å². The van der Waals surface area contributed by atoms with Crippen LogP contribution in [0.4, 0.5) is 0 Å². The maximum absolute atomic E-state index is 11.6. The van der Waals surface area contributed by atoms with Crippen molar-refractivity contribution in [3.63, 3.8) is 0 Å². The van der Waals surface area contributed by atoms with Gasteiger partial charge in [-0.15, -0.1) is 0 Å². The third kappa shape index (κ3) is 3.41. The van der Waals surface area contributed by atoms with Gasteiger partial charge in [-0.25, -0.2) is 4.79 Å². The van der Waals surface area contributed by atoms with Gasteiger partial charge in [0.25, 0.3) is 5.91 Å². The molecule has 2 heterocycles. The second-order valence-electron chi connectivity index (χ2n) is 4.87. The van der Waals surface area contributed by atoms with E-state index in [2.05, 4.69) is 4.99 Å². The molecule has 7 heteroatoms. The zero-order valence-corrected chi connectivity index (χ0v) is 13.6. The number of esters is 1. The third-order valence-corrected chi connectivity index (χ3v) is 4.03. The Kier molecular flexibility index (Phi) is 4.52. The molecule has 0 spiro atoms. The maximum Gasteiger partial charge on any atom is 0.338 e. The monoisotopic (exact) mass is 342 g/mol. The Bertz CT molecular complexity index is 850. The minimum atomic E-state index is -0.366. The van der Waals surface area contributed by atoms with E-state index in [9.17, 15) is 9.59 Å². The number of hydrogen-bond donors (Lipinski definition) is 1. The van der Waals surface area contributed by atoms with Crippen LogP contribution in [-0.4, -0.2) is 23.7 Å². The number of ether oxygens (including phenoxy) is 1. The highest BCUT2D eigenvalue weighted by Gasteiger charge is 2.20. The minimum Gasteiger partial charge on any atom is -0.462 e. The highest BCUT2D eigenvalue weighted by atomic mass is 32.2. The highest BCUT2D eigenvalue weighted by molar-refractivity contribution is 8.18. The van der Waals surface area contributed by atoms with E-state index >= 15 is 0 Å². The summed E-state index contributed by atoms with van der Waals surface area (Å²) in [5.74, 6) is 0.430. The Hall–Kier alpha value is -2.80. The largest absolute Gasteiger partial charge is 0.462 e. The molecule has 3 rings (SSSR count). The third-order valence-electron chi connectivity index (χ3n) is 3.22. The van der Waals surface area contributed by atoms with Gasteiger partial charge >= 0.3 is 5.97 Å². The lowest BCUT2D eigenvalue weighted by molar-refractivity contribution is -0.113. The average Bonchev–Trinajstić information content (AvgIpc) is 3.15. The molecule has 1 aliphatic heterocycles. The first-order chi connectivity index (χ1) is 11.6. The predicted octanol–water partition coefficient (Wildman–Crippen LogP) is 3.05. The van der Waals surface area contributed by atoms with Gasteiger partial charge in [0.1, 0.15) is 11.5 Å². The number of nitrogens with two attached hydrogens (primary N) is 1. The van der Waals surface area contributed by atoms with E-state index in [1.54, 1.807) is 49.4 Å². The molecule has 0 radical (unpaired) electrons. The number of hydrogen-bond acceptors (Lipinski definition) is 6. The number of benzene rings is 1. The van der Waals surface area contributed by atoms with Crippen LogP contribution < -0.4 is 5.73 Å². The fourth-order valence-electron chi connectivity index (χ4n) is 2.13. The normalized spacial score (nSPS) is 15.6. The lowest BCUT2D eigenvalue weighted by atomic mass is 10.1. The van der Waals surface area contributed by atoms with Crippen LogP contribution in [0.1, 0.15) is 23.0 Å². The fourth-order valence-corrected chi connectivity index (χ4v) is 2.79. The number of rotatable bonds is 4. The topological polar surface area (TPSA) is 94.9 Å². The van der Waals surface area contributed by atoms with Crippen molar-refractivity contribution in [2.75, 3.05) is 6.61 Å². The van der Waals surface area contributed by atoms with Crippen molar-refractivity contribution in [2.24, 2.45) is 10.7 Å². The van der Waals surface area contributed by atoms with Crippen LogP contribution in [0.15, 0.2) is 50.7 Å². The number of carbonyl (C=O) groups excluding carboxylic acids is 2. The number of amidine groups is 1. The molecule has 1 amide bonds. The molecule has 0 bridgehead atoms. The molecular weight excluding hydrogens is 328 g/mol. The van der Waals surface area contributed by atoms with Gasteiger partial charge in [-0.3, -0.25) is 4.79 Å². The summed E-state index contributed by atoms with van der Waals surface area (Å²) in [6.07, 6.45) is 1.60. The van der Waals surface area contributed by atoms with Gasteiger partial charge < -0.3 is 14.9 Å². The molecule has 24 heavy (non-hydrogen) atoms. The van der Waals surface area contributed by atoms with Crippen LogP contribution in [0.2, 0.25) is 0 Å². The van der Waals surface area contributed by atoms with Crippen molar-refractivity contribution in [3.8, 4) is 11.3 Å². The van der Waals surface area contributed by atoms with E-state index in [4.69, 9.17) is 14.9 Å². The SMILES string of the molecule is CCOC(=O)c1ccc(-c2ccc(/C=C3/SC(N)=NC3=O)o2)cc1. The standard InChI is InChI=1S/C17H14N2O4S/c1-2-22-16(21)11-5-3-10(4-6-11)13-8-7-12(23-13)9-14-15(20)19-17(18)24-14/h3-9H,2H2,1H3,(H2,18,19,20)/b14-9+. The summed E-state index contributed by atoms with van der Waals surface area (Å²) in [5.41, 5.74) is 6.80. The summed E-state index contributed by atoms with van der Waals surface area (Å²) >= 11 is 1.11. The predicted molar refractivity (Wildman–Crippen MR) is 92.3 cm³/mol. The zero-order chi connectivity index (χ0) is 17.1. The molecule has 0 aliphatic carbocycles. The van der Waals surface area contributed by atoms with E-state index in [0.717, 1.165) is 17.3 Å². The van der Waals surface area contributed by atoms with E-state index in [0.29, 0.717) is 28.6 Å². The first kappa shape index (κ1) is 16.1. The van der Waals surface area contributed by atoms with Crippen LogP contribution in [0.25, 0.3) is 17.4 Å².